The van der Waals surface area contributed by atoms with E-state index in [1.165, 1.54) is 57.8 Å². The van der Waals surface area contributed by atoms with E-state index in [1.807, 2.05) is 0 Å². The summed E-state index contributed by atoms with van der Waals surface area (Å²) in [6.07, 6.45) is 13.4. The van der Waals surface area contributed by atoms with Gasteiger partial charge in [0, 0.05) is 0 Å². The molecule has 19 heavy (non-hydrogen) atoms. The summed E-state index contributed by atoms with van der Waals surface area (Å²) < 4.78 is 0. The van der Waals surface area contributed by atoms with Crippen molar-refractivity contribution in [2.24, 2.45) is 0 Å². The van der Waals surface area contributed by atoms with Crippen LogP contribution in [0, 0.1) is 0 Å². The molecule has 0 rings (SSSR count). The molecule has 0 radical (unpaired) electrons. The summed E-state index contributed by atoms with van der Waals surface area (Å²) in [5.74, 6) is -0.452. The Morgan fingerprint density at radius 2 is 1.26 bits per heavy atom. The summed E-state index contributed by atoms with van der Waals surface area (Å²) in [7, 11) is 0. The number of ketones is 1. The van der Waals surface area contributed by atoms with Crippen LogP contribution < -0.4 is 0 Å². The highest BCUT2D eigenvalue weighted by Gasteiger charge is 2.12. The standard InChI is InChI=1S/C16H32O3/c1-2-3-4-5-6-7-8-9-10-11-12-13-15(18)16(19)14-17/h15,17-18H,2-14H2,1H3. The molecule has 0 bridgehead atoms. The third-order valence-corrected chi connectivity index (χ3v) is 3.61. The zero-order valence-electron chi connectivity index (χ0n) is 12.6. The average molecular weight is 272 g/mol. The van der Waals surface area contributed by atoms with Gasteiger partial charge in [-0.25, -0.2) is 0 Å². The zero-order chi connectivity index (χ0) is 14.3. The minimum atomic E-state index is -0.955. The molecule has 1 atom stereocenters. The third-order valence-electron chi connectivity index (χ3n) is 3.61. The highest BCUT2D eigenvalue weighted by Crippen LogP contribution is 2.12. The molecular formula is C16H32O3. The SMILES string of the molecule is CCCCCCCCCCCCCC(O)C(=O)CO. The van der Waals surface area contributed by atoms with Gasteiger partial charge in [-0.1, -0.05) is 77.6 Å². The molecule has 3 nitrogen and oxygen atoms in total. The maximum Gasteiger partial charge on any atom is 0.186 e. The lowest BCUT2D eigenvalue weighted by molar-refractivity contribution is -0.130. The topological polar surface area (TPSA) is 57.5 Å². The number of hydrogen-bond donors (Lipinski definition) is 2. The first kappa shape index (κ1) is 18.6. The lowest BCUT2D eigenvalue weighted by Crippen LogP contribution is -2.23. The Kier molecular flexibility index (Phi) is 13.7. The first-order valence-corrected chi connectivity index (χ1v) is 8.04. The molecule has 0 aromatic carbocycles. The number of carbonyl (C=O) groups excluding carboxylic acids is 1. The Morgan fingerprint density at radius 1 is 0.842 bits per heavy atom. The van der Waals surface area contributed by atoms with Gasteiger partial charge in [0.2, 0.25) is 0 Å². The Balaban J connectivity index is 3.12. The number of unbranched alkanes of at least 4 members (excludes halogenated alkanes) is 10. The van der Waals surface area contributed by atoms with Crippen molar-refractivity contribution in [2.75, 3.05) is 6.61 Å². The summed E-state index contributed by atoms with van der Waals surface area (Å²) in [6, 6.07) is 0. The van der Waals surface area contributed by atoms with Gasteiger partial charge in [-0.05, 0) is 6.42 Å². The van der Waals surface area contributed by atoms with Gasteiger partial charge in [0.15, 0.2) is 5.78 Å². The molecule has 0 aromatic rings. The molecule has 0 aliphatic rings. The molecule has 3 heteroatoms. The zero-order valence-corrected chi connectivity index (χ0v) is 12.6. The highest BCUT2D eigenvalue weighted by atomic mass is 16.3. The van der Waals surface area contributed by atoms with Gasteiger partial charge >= 0.3 is 0 Å². The molecule has 0 aliphatic heterocycles. The summed E-state index contributed by atoms with van der Waals surface area (Å²) >= 11 is 0. The van der Waals surface area contributed by atoms with Crippen LogP contribution in [0.5, 0.6) is 0 Å². The minimum absolute atomic E-state index is 0.452. The monoisotopic (exact) mass is 272 g/mol. The van der Waals surface area contributed by atoms with E-state index < -0.39 is 18.5 Å². The van der Waals surface area contributed by atoms with Crippen LogP contribution in [0.2, 0.25) is 0 Å². The van der Waals surface area contributed by atoms with Crippen molar-refractivity contribution in [3.63, 3.8) is 0 Å². The van der Waals surface area contributed by atoms with E-state index in [0.29, 0.717) is 6.42 Å². The van der Waals surface area contributed by atoms with Crippen LogP contribution in [0.25, 0.3) is 0 Å². The molecule has 0 aliphatic carbocycles. The molecule has 0 heterocycles. The largest absolute Gasteiger partial charge is 0.388 e. The molecule has 0 saturated heterocycles. The van der Waals surface area contributed by atoms with Gasteiger partial charge in [-0.3, -0.25) is 4.79 Å². The fourth-order valence-electron chi connectivity index (χ4n) is 2.27. The van der Waals surface area contributed by atoms with Gasteiger partial charge in [0.05, 0.1) is 0 Å². The van der Waals surface area contributed by atoms with E-state index in [1.54, 1.807) is 0 Å². The van der Waals surface area contributed by atoms with Crippen LogP contribution >= 0.6 is 0 Å². The Labute approximate surface area is 118 Å². The summed E-state index contributed by atoms with van der Waals surface area (Å²) in [4.78, 5) is 10.9. The first-order valence-electron chi connectivity index (χ1n) is 8.04. The van der Waals surface area contributed by atoms with Gasteiger partial charge in [-0.15, -0.1) is 0 Å². The first-order chi connectivity index (χ1) is 9.22. The van der Waals surface area contributed by atoms with E-state index in [0.717, 1.165) is 12.8 Å². The Bertz CT molecular complexity index is 204. The Morgan fingerprint density at radius 3 is 1.68 bits per heavy atom. The number of aliphatic hydroxyl groups excluding tert-OH is 2. The van der Waals surface area contributed by atoms with Gasteiger partial charge in [-0.2, -0.15) is 0 Å². The van der Waals surface area contributed by atoms with E-state index in [-0.39, 0.29) is 0 Å². The molecule has 1 unspecified atom stereocenters. The lowest BCUT2D eigenvalue weighted by atomic mass is 10.0. The average Bonchev–Trinajstić information content (AvgIpc) is 2.43. The van der Waals surface area contributed by atoms with Crippen LogP contribution in [0.4, 0.5) is 0 Å². The number of aliphatic hydroxyl groups is 2. The van der Waals surface area contributed by atoms with Crippen molar-refractivity contribution in [2.45, 2.75) is 90.1 Å². The highest BCUT2D eigenvalue weighted by molar-refractivity contribution is 5.83. The quantitative estimate of drug-likeness (QED) is 0.475. The maximum atomic E-state index is 10.9. The fourth-order valence-corrected chi connectivity index (χ4v) is 2.27. The normalized spacial score (nSPS) is 12.6. The molecule has 0 aromatic heterocycles. The van der Waals surface area contributed by atoms with Gasteiger partial charge < -0.3 is 10.2 Å². The second-order valence-corrected chi connectivity index (χ2v) is 5.46. The number of rotatable bonds is 14. The number of hydrogen-bond acceptors (Lipinski definition) is 3. The van der Waals surface area contributed by atoms with Crippen LogP contribution in [-0.4, -0.2) is 28.7 Å². The van der Waals surface area contributed by atoms with Gasteiger partial charge in [0.25, 0.3) is 0 Å². The summed E-state index contributed by atoms with van der Waals surface area (Å²) in [6.45, 7) is 1.70. The van der Waals surface area contributed by atoms with E-state index in [2.05, 4.69) is 6.92 Å². The van der Waals surface area contributed by atoms with E-state index in [4.69, 9.17) is 5.11 Å². The fraction of sp³-hybridized carbons (Fsp3) is 0.938. The smallest absolute Gasteiger partial charge is 0.186 e. The van der Waals surface area contributed by atoms with Crippen molar-refractivity contribution in [1.82, 2.24) is 0 Å². The van der Waals surface area contributed by atoms with Crippen LogP contribution in [-0.2, 0) is 4.79 Å². The van der Waals surface area contributed by atoms with Crippen LogP contribution in [0.3, 0.4) is 0 Å². The molecule has 2 N–H and O–H groups in total. The predicted octanol–water partition coefficient (Wildman–Crippen LogP) is 3.61. The third kappa shape index (κ3) is 12.4. The molecule has 114 valence electrons. The summed E-state index contributed by atoms with van der Waals surface area (Å²) in [5, 5.41) is 17.9. The minimum Gasteiger partial charge on any atom is -0.388 e. The second-order valence-electron chi connectivity index (χ2n) is 5.46. The van der Waals surface area contributed by atoms with Crippen LogP contribution in [0.15, 0.2) is 0 Å². The number of Topliss-reactive ketones (excluding diaryl/α,β-unsaturated/α-hetero) is 1. The van der Waals surface area contributed by atoms with Crippen molar-refractivity contribution in [3.05, 3.63) is 0 Å². The second kappa shape index (κ2) is 14.0. The van der Waals surface area contributed by atoms with Crippen molar-refractivity contribution in [1.29, 1.82) is 0 Å². The molecule has 0 amide bonds. The number of carbonyl (C=O) groups is 1. The van der Waals surface area contributed by atoms with Gasteiger partial charge in [0.1, 0.15) is 12.7 Å². The lowest BCUT2D eigenvalue weighted by Gasteiger charge is -2.07. The van der Waals surface area contributed by atoms with Crippen molar-refractivity contribution >= 4 is 5.78 Å². The molecule has 0 spiro atoms. The maximum absolute atomic E-state index is 10.9. The molecular weight excluding hydrogens is 240 g/mol. The van der Waals surface area contributed by atoms with Crippen molar-refractivity contribution in [3.8, 4) is 0 Å². The van der Waals surface area contributed by atoms with E-state index in [9.17, 15) is 9.90 Å². The van der Waals surface area contributed by atoms with Crippen LogP contribution in [0.1, 0.15) is 84.0 Å². The Hall–Kier alpha value is -0.410. The molecule has 0 fully saturated rings. The van der Waals surface area contributed by atoms with Crippen molar-refractivity contribution < 1.29 is 15.0 Å². The van der Waals surface area contributed by atoms with E-state index >= 15 is 0 Å². The predicted molar refractivity (Wildman–Crippen MR) is 79.2 cm³/mol. The molecule has 0 saturated carbocycles. The summed E-state index contributed by atoms with van der Waals surface area (Å²) in [5.41, 5.74) is 0.